The van der Waals surface area contributed by atoms with E-state index in [1.807, 2.05) is 26.0 Å². The summed E-state index contributed by atoms with van der Waals surface area (Å²) < 4.78 is 16.3. The molecule has 0 radical (unpaired) electrons. The normalized spacial score (nSPS) is 10.5. The molecule has 0 bridgehead atoms. The second-order valence-corrected chi connectivity index (χ2v) is 6.26. The summed E-state index contributed by atoms with van der Waals surface area (Å²) in [7, 11) is 3.06. The number of carbonyl (C=O) groups excluding carboxylic acids is 1. The predicted molar refractivity (Wildman–Crippen MR) is 99.3 cm³/mol. The first-order valence-electron chi connectivity index (χ1n) is 7.91. The zero-order valence-electron chi connectivity index (χ0n) is 14.8. The Hall–Kier alpha value is -2.40. The number of nitrogens with one attached hydrogen (secondary N) is 1. The fourth-order valence-corrected chi connectivity index (χ4v) is 2.45. The van der Waals surface area contributed by atoms with Gasteiger partial charge in [0.15, 0.2) is 11.5 Å². The number of hydrogen-bond donors (Lipinski definition) is 1. The van der Waals surface area contributed by atoms with E-state index in [-0.39, 0.29) is 5.91 Å². The Morgan fingerprint density at radius 3 is 2.44 bits per heavy atom. The van der Waals surface area contributed by atoms with Crippen molar-refractivity contribution in [3.8, 4) is 17.2 Å². The lowest BCUT2D eigenvalue weighted by Gasteiger charge is -2.16. The van der Waals surface area contributed by atoms with Crippen molar-refractivity contribution in [1.29, 1.82) is 0 Å². The van der Waals surface area contributed by atoms with Crippen molar-refractivity contribution < 1.29 is 19.0 Å². The van der Waals surface area contributed by atoms with Crippen molar-refractivity contribution in [3.63, 3.8) is 0 Å². The Kier molecular flexibility index (Phi) is 6.53. The number of hydrogen-bond acceptors (Lipinski definition) is 4. The molecule has 0 saturated carbocycles. The Labute approximate surface area is 152 Å². The van der Waals surface area contributed by atoms with Crippen LogP contribution in [0.25, 0.3) is 0 Å². The van der Waals surface area contributed by atoms with Crippen LogP contribution in [0.4, 0.5) is 5.69 Å². The fourth-order valence-electron chi connectivity index (χ4n) is 2.18. The number of methoxy groups -OCH3 is 2. The van der Waals surface area contributed by atoms with Gasteiger partial charge in [-0.05, 0) is 30.2 Å². The SMILES string of the molecule is COc1ccccc1NC(=O)c1cc(Cl)c(OCC(C)C)c(OC)c1. The standard InChI is InChI=1S/C19H22ClNO4/c1-12(2)11-25-18-14(20)9-13(10-17(18)24-4)19(22)21-15-7-5-6-8-16(15)23-3/h5-10,12H,11H2,1-4H3,(H,21,22). The van der Waals surface area contributed by atoms with Crippen molar-refractivity contribution >= 4 is 23.2 Å². The van der Waals surface area contributed by atoms with E-state index in [1.165, 1.54) is 7.11 Å². The van der Waals surface area contributed by atoms with Gasteiger partial charge in [-0.15, -0.1) is 0 Å². The van der Waals surface area contributed by atoms with Crippen LogP contribution in [0.3, 0.4) is 0 Å². The van der Waals surface area contributed by atoms with Crippen molar-refractivity contribution in [1.82, 2.24) is 0 Å². The molecule has 0 unspecified atom stereocenters. The minimum absolute atomic E-state index is 0.319. The monoisotopic (exact) mass is 363 g/mol. The molecule has 5 nitrogen and oxygen atoms in total. The first kappa shape index (κ1) is 18.9. The predicted octanol–water partition coefficient (Wildman–Crippen LogP) is 4.64. The molecule has 2 rings (SSSR count). The Morgan fingerprint density at radius 1 is 1.12 bits per heavy atom. The molecule has 1 amide bonds. The second kappa shape index (κ2) is 8.62. The number of anilines is 1. The molecule has 0 heterocycles. The van der Waals surface area contributed by atoms with E-state index >= 15 is 0 Å². The van der Waals surface area contributed by atoms with Crippen LogP contribution < -0.4 is 19.5 Å². The van der Waals surface area contributed by atoms with Gasteiger partial charge in [-0.2, -0.15) is 0 Å². The molecular weight excluding hydrogens is 342 g/mol. The number of carbonyl (C=O) groups is 1. The van der Waals surface area contributed by atoms with Crippen LogP contribution in [0.15, 0.2) is 36.4 Å². The number of ether oxygens (including phenoxy) is 3. The minimum atomic E-state index is -0.319. The van der Waals surface area contributed by atoms with Gasteiger partial charge in [0.05, 0.1) is 31.5 Å². The fraction of sp³-hybridized carbons (Fsp3) is 0.316. The third-order valence-electron chi connectivity index (χ3n) is 3.41. The van der Waals surface area contributed by atoms with E-state index in [1.54, 1.807) is 31.4 Å². The molecule has 25 heavy (non-hydrogen) atoms. The van der Waals surface area contributed by atoms with Gasteiger partial charge in [0.25, 0.3) is 5.91 Å². The highest BCUT2D eigenvalue weighted by atomic mass is 35.5. The average molecular weight is 364 g/mol. The number of rotatable bonds is 7. The summed E-state index contributed by atoms with van der Waals surface area (Å²) in [6.07, 6.45) is 0. The van der Waals surface area contributed by atoms with E-state index in [2.05, 4.69) is 5.32 Å². The summed E-state index contributed by atoms with van der Waals surface area (Å²) in [6, 6.07) is 10.3. The molecule has 0 atom stereocenters. The van der Waals surface area contributed by atoms with E-state index in [9.17, 15) is 4.79 Å². The van der Waals surface area contributed by atoms with Crippen molar-refractivity contribution in [3.05, 3.63) is 47.0 Å². The van der Waals surface area contributed by atoms with Crippen molar-refractivity contribution in [2.24, 2.45) is 5.92 Å². The van der Waals surface area contributed by atoms with Gasteiger partial charge >= 0.3 is 0 Å². The number of benzene rings is 2. The minimum Gasteiger partial charge on any atom is -0.495 e. The molecule has 0 aliphatic heterocycles. The maximum absolute atomic E-state index is 12.6. The molecule has 0 aromatic heterocycles. The van der Waals surface area contributed by atoms with Gasteiger partial charge in [-0.3, -0.25) is 4.79 Å². The summed E-state index contributed by atoms with van der Waals surface area (Å²) >= 11 is 6.29. The van der Waals surface area contributed by atoms with Crippen LogP contribution >= 0.6 is 11.6 Å². The summed E-state index contributed by atoms with van der Waals surface area (Å²) in [5.74, 6) is 1.45. The quantitative estimate of drug-likeness (QED) is 0.778. The highest BCUT2D eigenvalue weighted by Gasteiger charge is 2.17. The van der Waals surface area contributed by atoms with Crippen LogP contribution in [0.5, 0.6) is 17.2 Å². The molecule has 0 spiro atoms. The van der Waals surface area contributed by atoms with Gasteiger partial charge in [-0.1, -0.05) is 37.6 Å². The molecular formula is C19H22ClNO4. The highest BCUT2D eigenvalue weighted by molar-refractivity contribution is 6.32. The van der Waals surface area contributed by atoms with Crippen LogP contribution in [0, 0.1) is 5.92 Å². The van der Waals surface area contributed by atoms with Gasteiger partial charge < -0.3 is 19.5 Å². The van der Waals surface area contributed by atoms with E-state index in [4.69, 9.17) is 25.8 Å². The third-order valence-corrected chi connectivity index (χ3v) is 3.69. The van der Waals surface area contributed by atoms with Crippen LogP contribution in [0.1, 0.15) is 24.2 Å². The van der Waals surface area contributed by atoms with Gasteiger partial charge in [-0.25, -0.2) is 0 Å². The van der Waals surface area contributed by atoms with Crippen LogP contribution in [0.2, 0.25) is 5.02 Å². The van der Waals surface area contributed by atoms with Gasteiger partial charge in [0, 0.05) is 5.56 Å². The third kappa shape index (κ3) is 4.79. The van der Waals surface area contributed by atoms with Crippen LogP contribution in [-0.4, -0.2) is 26.7 Å². The van der Waals surface area contributed by atoms with Crippen molar-refractivity contribution in [2.75, 3.05) is 26.1 Å². The largest absolute Gasteiger partial charge is 0.495 e. The topological polar surface area (TPSA) is 56.8 Å². The molecule has 6 heteroatoms. The number of amides is 1. The lowest BCUT2D eigenvalue weighted by molar-refractivity contribution is 0.102. The Morgan fingerprint density at radius 2 is 1.80 bits per heavy atom. The van der Waals surface area contributed by atoms with Gasteiger partial charge in [0.2, 0.25) is 0 Å². The molecule has 2 aromatic carbocycles. The lowest BCUT2D eigenvalue weighted by Crippen LogP contribution is -2.13. The Balaban J connectivity index is 2.26. The summed E-state index contributed by atoms with van der Waals surface area (Å²) in [6.45, 7) is 4.58. The molecule has 0 aliphatic rings. The highest BCUT2D eigenvalue weighted by Crippen LogP contribution is 2.37. The van der Waals surface area contributed by atoms with Crippen LogP contribution in [-0.2, 0) is 0 Å². The Bertz CT molecular complexity index is 746. The molecule has 0 saturated heterocycles. The summed E-state index contributed by atoms with van der Waals surface area (Å²) in [5, 5.41) is 3.13. The molecule has 0 aliphatic carbocycles. The lowest BCUT2D eigenvalue weighted by atomic mass is 10.1. The zero-order chi connectivity index (χ0) is 18.4. The van der Waals surface area contributed by atoms with Gasteiger partial charge in [0.1, 0.15) is 5.75 Å². The van der Waals surface area contributed by atoms with E-state index in [0.29, 0.717) is 46.0 Å². The number of halogens is 1. The first-order chi connectivity index (χ1) is 12.0. The average Bonchev–Trinajstić information content (AvgIpc) is 2.60. The maximum atomic E-state index is 12.6. The maximum Gasteiger partial charge on any atom is 0.255 e. The smallest absolute Gasteiger partial charge is 0.255 e. The molecule has 1 N–H and O–H groups in total. The summed E-state index contributed by atoms with van der Waals surface area (Å²) in [4.78, 5) is 12.6. The second-order valence-electron chi connectivity index (χ2n) is 5.85. The molecule has 0 fully saturated rings. The molecule has 2 aromatic rings. The van der Waals surface area contributed by atoms with E-state index < -0.39 is 0 Å². The summed E-state index contributed by atoms with van der Waals surface area (Å²) in [5.41, 5.74) is 0.940. The first-order valence-corrected chi connectivity index (χ1v) is 8.28. The number of para-hydroxylation sites is 2. The van der Waals surface area contributed by atoms with E-state index in [0.717, 1.165) is 0 Å². The van der Waals surface area contributed by atoms with Crippen molar-refractivity contribution in [2.45, 2.75) is 13.8 Å². The molecule has 134 valence electrons. The zero-order valence-corrected chi connectivity index (χ0v) is 15.5.